The second kappa shape index (κ2) is 8.77. The molecular formula is C21H25FN2O. The molecule has 2 aromatic carbocycles. The molecule has 0 atom stereocenters. The third-order valence-electron chi connectivity index (χ3n) is 4.76. The molecule has 1 N–H and O–H groups in total. The van der Waals surface area contributed by atoms with Gasteiger partial charge in [0.1, 0.15) is 5.82 Å². The van der Waals surface area contributed by atoms with Crippen molar-refractivity contribution in [2.24, 2.45) is 0 Å². The minimum atomic E-state index is -0.194. The van der Waals surface area contributed by atoms with Crippen molar-refractivity contribution >= 4 is 5.91 Å². The summed E-state index contributed by atoms with van der Waals surface area (Å²) in [4.78, 5) is 14.5. The number of benzene rings is 2. The van der Waals surface area contributed by atoms with E-state index in [1.165, 1.54) is 17.7 Å². The number of carbonyl (C=O) groups excluding carboxylic acids is 1. The molecule has 0 aromatic heterocycles. The van der Waals surface area contributed by atoms with Gasteiger partial charge < -0.3 is 5.32 Å². The number of aryl methyl sites for hydroxylation is 1. The third kappa shape index (κ3) is 5.68. The van der Waals surface area contributed by atoms with Crippen LogP contribution < -0.4 is 5.32 Å². The summed E-state index contributed by atoms with van der Waals surface area (Å²) in [5.74, 6) is -0.0542. The molecule has 0 aliphatic carbocycles. The zero-order chi connectivity index (χ0) is 17.5. The zero-order valence-corrected chi connectivity index (χ0v) is 14.5. The van der Waals surface area contributed by atoms with Gasteiger partial charge in [-0.05, 0) is 42.5 Å². The van der Waals surface area contributed by atoms with Crippen molar-refractivity contribution in [3.63, 3.8) is 0 Å². The van der Waals surface area contributed by atoms with Gasteiger partial charge in [-0.1, -0.05) is 42.5 Å². The highest BCUT2D eigenvalue weighted by molar-refractivity contribution is 5.76. The van der Waals surface area contributed by atoms with E-state index in [0.717, 1.165) is 44.5 Å². The van der Waals surface area contributed by atoms with E-state index in [4.69, 9.17) is 0 Å². The number of amides is 1. The van der Waals surface area contributed by atoms with E-state index < -0.39 is 0 Å². The SMILES string of the molecule is O=C(CCc1ccccc1)NC1CCN(Cc2ccc(F)cc2)CC1. The zero-order valence-electron chi connectivity index (χ0n) is 14.5. The second-order valence-electron chi connectivity index (χ2n) is 6.73. The van der Waals surface area contributed by atoms with E-state index in [1.807, 2.05) is 30.3 Å². The number of piperidine rings is 1. The summed E-state index contributed by atoms with van der Waals surface area (Å²) in [5, 5.41) is 3.17. The lowest BCUT2D eigenvalue weighted by Crippen LogP contribution is -2.44. The van der Waals surface area contributed by atoms with Crippen molar-refractivity contribution < 1.29 is 9.18 Å². The van der Waals surface area contributed by atoms with Gasteiger partial charge >= 0.3 is 0 Å². The van der Waals surface area contributed by atoms with Gasteiger partial charge in [-0.3, -0.25) is 9.69 Å². The Kier molecular flexibility index (Phi) is 6.18. The molecule has 4 heteroatoms. The molecule has 0 unspecified atom stereocenters. The van der Waals surface area contributed by atoms with Crippen LogP contribution in [-0.2, 0) is 17.8 Å². The normalized spacial score (nSPS) is 15.9. The van der Waals surface area contributed by atoms with Crippen molar-refractivity contribution in [2.45, 2.75) is 38.3 Å². The highest BCUT2D eigenvalue weighted by atomic mass is 19.1. The lowest BCUT2D eigenvalue weighted by atomic mass is 10.0. The largest absolute Gasteiger partial charge is 0.353 e. The van der Waals surface area contributed by atoms with Crippen molar-refractivity contribution in [3.05, 3.63) is 71.5 Å². The molecule has 0 spiro atoms. The van der Waals surface area contributed by atoms with Crippen LogP contribution >= 0.6 is 0 Å². The number of carbonyl (C=O) groups is 1. The van der Waals surface area contributed by atoms with Crippen molar-refractivity contribution in [1.82, 2.24) is 10.2 Å². The number of likely N-dealkylation sites (tertiary alicyclic amines) is 1. The summed E-state index contributed by atoms with van der Waals surface area (Å²) < 4.78 is 13.0. The second-order valence-corrected chi connectivity index (χ2v) is 6.73. The maximum Gasteiger partial charge on any atom is 0.220 e. The fourth-order valence-electron chi connectivity index (χ4n) is 3.29. The van der Waals surface area contributed by atoms with E-state index >= 15 is 0 Å². The minimum Gasteiger partial charge on any atom is -0.353 e. The lowest BCUT2D eigenvalue weighted by Gasteiger charge is -2.32. The van der Waals surface area contributed by atoms with E-state index in [9.17, 15) is 9.18 Å². The number of hydrogen-bond acceptors (Lipinski definition) is 2. The molecule has 25 heavy (non-hydrogen) atoms. The van der Waals surface area contributed by atoms with Gasteiger partial charge in [0, 0.05) is 32.1 Å². The van der Waals surface area contributed by atoms with Crippen LogP contribution in [0, 0.1) is 5.82 Å². The number of nitrogens with zero attached hydrogens (tertiary/aromatic N) is 1. The van der Waals surface area contributed by atoms with Crippen molar-refractivity contribution in [2.75, 3.05) is 13.1 Å². The summed E-state index contributed by atoms with van der Waals surface area (Å²) >= 11 is 0. The average molecular weight is 340 g/mol. The van der Waals surface area contributed by atoms with Gasteiger partial charge in [0.05, 0.1) is 0 Å². The Bertz CT molecular complexity index is 664. The lowest BCUT2D eigenvalue weighted by molar-refractivity contribution is -0.122. The van der Waals surface area contributed by atoms with Crippen LogP contribution in [0.4, 0.5) is 4.39 Å². The molecule has 1 saturated heterocycles. The molecule has 1 aliphatic rings. The van der Waals surface area contributed by atoms with E-state index in [2.05, 4.69) is 22.3 Å². The molecule has 3 rings (SSSR count). The molecule has 2 aromatic rings. The van der Waals surface area contributed by atoms with Crippen molar-refractivity contribution in [1.29, 1.82) is 0 Å². The molecule has 0 radical (unpaired) electrons. The smallest absolute Gasteiger partial charge is 0.220 e. The number of hydrogen-bond donors (Lipinski definition) is 1. The molecule has 1 heterocycles. The highest BCUT2D eigenvalue weighted by Crippen LogP contribution is 2.14. The monoisotopic (exact) mass is 340 g/mol. The van der Waals surface area contributed by atoms with Crippen LogP contribution in [0.1, 0.15) is 30.4 Å². The molecule has 1 amide bonds. The molecule has 3 nitrogen and oxygen atoms in total. The summed E-state index contributed by atoms with van der Waals surface area (Å²) in [5.41, 5.74) is 2.33. The molecule has 0 saturated carbocycles. The Hall–Kier alpha value is -2.20. The van der Waals surface area contributed by atoms with Crippen LogP contribution in [0.25, 0.3) is 0 Å². The number of rotatable bonds is 6. The highest BCUT2D eigenvalue weighted by Gasteiger charge is 2.20. The predicted molar refractivity (Wildman–Crippen MR) is 97.6 cm³/mol. The van der Waals surface area contributed by atoms with Gasteiger partial charge in [0.15, 0.2) is 0 Å². The van der Waals surface area contributed by atoms with Gasteiger partial charge in [-0.15, -0.1) is 0 Å². The van der Waals surface area contributed by atoms with Gasteiger partial charge in [-0.2, -0.15) is 0 Å². The summed E-state index contributed by atoms with van der Waals surface area (Å²) in [6, 6.07) is 17.1. The first kappa shape index (κ1) is 17.6. The number of halogens is 1. The average Bonchev–Trinajstić information content (AvgIpc) is 2.64. The Morgan fingerprint density at radius 3 is 2.36 bits per heavy atom. The maximum absolute atomic E-state index is 13.0. The molecule has 1 fully saturated rings. The summed E-state index contributed by atoms with van der Waals surface area (Å²) in [6.07, 6.45) is 3.27. The predicted octanol–water partition coefficient (Wildman–Crippen LogP) is 3.54. The van der Waals surface area contributed by atoms with Crippen LogP contribution in [0.15, 0.2) is 54.6 Å². The molecule has 0 bridgehead atoms. The Balaban J connectivity index is 1.37. The van der Waals surface area contributed by atoms with Crippen LogP contribution in [0.5, 0.6) is 0 Å². The van der Waals surface area contributed by atoms with Crippen LogP contribution in [-0.4, -0.2) is 29.9 Å². The Morgan fingerprint density at radius 2 is 1.68 bits per heavy atom. The van der Waals surface area contributed by atoms with E-state index in [1.54, 1.807) is 0 Å². The van der Waals surface area contributed by atoms with E-state index in [0.29, 0.717) is 6.42 Å². The van der Waals surface area contributed by atoms with E-state index in [-0.39, 0.29) is 17.8 Å². The summed E-state index contributed by atoms with van der Waals surface area (Å²) in [7, 11) is 0. The van der Waals surface area contributed by atoms with Crippen molar-refractivity contribution in [3.8, 4) is 0 Å². The minimum absolute atomic E-state index is 0.140. The van der Waals surface area contributed by atoms with Crippen LogP contribution in [0.3, 0.4) is 0 Å². The first-order chi connectivity index (χ1) is 12.2. The standard InChI is InChI=1S/C21H25FN2O/c22-19-9-6-18(7-10-19)16-24-14-12-20(13-15-24)23-21(25)11-8-17-4-2-1-3-5-17/h1-7,9-10,20H,8,11-16H2,(H,23,25). The Morgan fingerprint density at radius 1 is 1.00 bits per heavy atom. The van der Waals surface area contributed by atoms with Gasteiger partial charge in [0.25, 0.3) is 0 Å². The Labute approximate surface area is 148 Å². The molecule has 1 aliphatic heterocycles. The fraction of sp³-hybridized carbons (Fsp3) is 0.381. The topological polar surface area (TPSA) is 32.3 Å². The third-order valence-corrected chi connectivity index (χ3v) is 4.76. The number of nitrogens with one attached hydrogen (secondary N) is 1. The maximum atomic E-state index is 13.0. The first-order valence-electron chi connectivity index (χ1n) is 8.99. The molecule has 132 valence electrons. The van der Waals surface area contributed by atoms with Gasteiger partial charge in [-0.25, -0.2) is 4.39 Å². The van der Waals surface area contributed by atoms with Gasteiger partial charge in [0.2, 0.25) is 5.91 Å². The molecular weight excluding hydrogens is 315 g/mol. The quantitative estimate of drug-likeness (QED) is 0.872. The summed E-state index contributed by atoms with van der Waals surface area (Å²) in [6.45, 7) is 2.76. The van der Waals surface area contributed by atoms with Crippen LogP contribution in [0.2, 0.25) is 0 Å². The first-order valence-corrected chi connectivity index (χ1v) is 8.99. The fourth-order valence-corrected chi connectivity index (χ4v) is 3.29.